The van der Waals surface area contributed by atoms with Crippen molar-refractivity contribution in [2.45, 2.75) is 83.3 Å². The van der Waals surface area contributed by atoms with Crippen LogP contribution < -0.4 is 32.3 Å². The quantitative estimate of drug-likeness (QED) is 0.114. The summed E-state index contributed by atoms with van der Waals surface area (Å²) in [5.74, 6) is -0.0267. The number of carbonyl (C=O) groups excluding carboxylic acids is 2. The van der Waals surface area contributed by atoms with Crippen molar-refractivity contribution in [3.8, 4) is 17.2 Å². The lowest BCUT2D eigenvalue weighted by Crippen LogP contribution is -2.37. The number of fused-ring (bicyclic) bond motifs is 3. The first kappa shape index (κ1) is 34.3. The molecule has 2 amide bonds. The van der Waals surface area contributed by atoms with Gasteiger partial charge in [0, 0.05) is 30.9 Å². The highest BCUT2D eigenvalue weighted by Gasteiger charge is 2.36. The smallest absolute Gasteiger partial charge is 0.407 e. The van der Waals surface area contributed by atoms with Gasteiger partial charge in [-0.05, 0) is 106 Å². The van der Waals surface area contributed by atoms with Crippen molar-refractivity contribution in [2.75, 3.05) is 13.1 Å². The number of amides is 2. The van der Waals surface area contributed by atoms with Crippen LogP contribution in [-0.2, 0) is 4.74 Å². The summed E-state index contributed by atoms with van der Waals surface area (Å²) in [6, 6.07) is 12.7. The van der Waals surface area contributed by atoms with Gasteiger partial charge in [0.1, 0.15) is 22.5 Å². The zero-order chi connectivity index (χ0) is 36.0. The van der Waals surface area contributed by atoms with Crippen LogP contribution in [-0.4, -0.2) is 47.3 Å². The Balaban J connectivity index is 1.24. The van der Waals surface area contributed by atoms with Gasteiger partial charge in [-0.2, -0.15) is 0 Å². The Morgan fingerprint density at radius 2 is 1.78 bits per heavy atom. The second-order valence-corrected chi connectivity index (χ2v) is 15.2. The maximum atomic E-state index is 16.4. The molecule has 4 atom stereocenters. The lowest BCUT2D eigenvalue weighted by Gasteiger charge is -2.29. The number of carbonyl (C=O) groups is 2. The molecule has 2 aliphatic carbocycles. The van der Waals surface area contributed by atoms with Gasteiger partial charge in [-0.15, -0.1) is 0 Å². The summed E-state index contributed by atoms with van der Waals surface area (Å²) in [6.07, 6.45) is 6.58. The van der Waals surface area contributed by atoms with Crippen molar-refractivity contribution >= 4 is 39.6 Å². The van der Waals surface area contributed by atoms with Gasteiger partial charge >= 0.3 is 6.09 Å². The van der Waals surface area contributed by atoms with Crippen LogP contribution in [0.25, 0.3) is 27.4 Å². The van der Waals surface area contributed by atoms with Gasteiger partial charge in [0.25, 0.3) is 5.91 Å². The molecule has 0 saturated heterocycles. The van der Waals surface area contributed by atoms with Gasteiger partial charge in [0.2, 0.25) is 5.43 Å². The molecule has 2 saturated carbocycles. The van der Waals surface area contributed by atoms with Crippen molar-refractivity contribution in [2.24, 2.45) is 28.3 Å². The van der Waals surface area contributed by atoms with Crippen molar-refractivity contribution in [1.82, 2.24) is 15.2 Å². The first-order chi connectivity index (χ1) is 24.3. The third kappa shape index (κ3) is 7.09. The Morgan fingerprint density at radius 3 is 2.53 bits per heavy atom. The molecule has 1 aliphatic heterocycles. The van der Waals surface area contributed by atoms with E-state index >= 15 is 4.39 Å². The Bertz CT molecular complexity index is 2120. The zero-order valence-electron chi connectivity index (χ0n) is 29.3. The summed E-state index contributed by atoms with van der Waals surface area (Å²) in [5, 5.41) is 7.87. The SMILES string of the molecule is CC(C)(C)OC(=O)NC1CCC(c2c(F)cc3c(=O)c(C(=O)NCC4CCCC(CN=C(N)N)C4)cn4c3c2Oc2cc3ccccc3cc2-4)C1. The highest BCUT2D eigenvalue weighted by molar-refractivity contribution is 6.00. The molecule has 7 rings (SSSR count). The van der Waals surface area contributed by atoms with Crippen LogP contribution in [0.1, 0.15) is 87.6 Å². The number of benzene rings is 3. The molecule has 1 aromatic heterocycles. The number of nitrogens with zero attached hydrogens (tertiary/aromatic N) is 2. The highest BCUT2D eigenvalue weighted by Crippen LogP contribution is 2.49. The van der Waals surface area contributed by atoms with Crippen LogP contribution in [0.5, 0.6) is 11.5 Å². The van der Waals surface area contributed by atoms with Gasteiger partial charge in [0.15, 0.2) is 17.5 Å². The molecule has 2 heterocycles. The molecular formula is C39H45FN6O5. The predicted molar refractivity (Wildman–Crippen MR) is 195 cm³/mol. The van der Waals surface area contributed by atoms with Crippen molar-refractivity contribution in [3.63, 3.8) is 0 Å². The Morgan fingerprint density at radius 1 is 1.04 bits per heavy atom. The fraction of sp³-hybridized carbons (Fsp3) is 0.436. The number of alkyl carbamates (subject to hydrolysis) is 1. The predicted octanol–water partition coefficient (Wildman–Crippen LogP) is 6.36. The molecule has 0 radical (unpaired) electrons. The fourth-order valence-electron chi connectivity index (χ4n) is 8.03. The number of nitrogens with two attached hydrogens (primary N) is 2. The van der Waals surface area contributed by atoms with E-state index in [1.807, 2.05) is 36.4 Å². The molecule has 11 nitrogen and oxygen atoms in total. The molecule has 2 fully saturated rings. The van der Waals surface area contributed by atoms with Crippen LogP contribution in [0.15, 0.2) is 58.4 Å². The van der Waals surface area contributed by atoms with Gasteiger partial charge in [0.05, 0.1) is 11.1 Å². The molecule has 51 heavy (non-hydrogen) atoms. The van der Waals surface area contributed by atoms with Gasteiger partial charge < -0.3 is 36.1 Å². The van der Waals surface area contributed by atoms with E-state index in [0.29, 0.717) is 60.8 Å². The van der Waals surface area contributed by atoms with Crippen molar-refractivity contribution in [1.29, 1.82) is 0 Å². The maximum absolute atomic E-state index is 16.4. The Hall–Kier alpha value is -5.13. The van der Waals surface area contributed by atoms with Crippen LogP contribution in [0.4, 0.5) is 9.18 Å². The molecule has 12 heteroatoms. The molecule has 6 N–H and O–H groups in total. The molecule has 0 spiro atoms. The normalized spacial score (nSPS) is 21.1. The van der Waals surface area contributed by atoms with Crippen molar-refractivity contribution in [3.05, 3.63) is 75.8 Å². The van der Waals surface area contributed by atoms with E-state index in [1.54, 1.807) is 31.5 Å². The standard InChI is InChI=1S/C39H45FN6O5/c1-39(2,3)51-38(49)45-26-12-11-25(14-26)32-29(40)17-27-33-35(32)50-31-16-24-10-5-4-9-23(24)15-30(31)46(33)20-28(34(27)47)36(48)43-18-21-7-6-8-22(13-21)19-44-37(41)42/h4-5,9-10,15-17,20-22,25-26H,6-8,11-14,18-19H2,1-3H3,(H,43,48)(H,45,49)(H4,41,42,44). The van der Waals surface area contributed by atoms with Gasteiger partial charge in [-0.3, -0.25) is 14.6 Å². The van der Waals surface area contributed by atoms with E-state index < -0.39 is 28.8 Å². The third-order valence-corrected chi connectivity index (χ3v) is 10.3. The number of halogens is 1. The summed E-state index contributed by atoms with van der Waals surface area (Å²) >= 11 is 0. The summed E-state index contributed by atoms with van der Waals surface area (Å²) in [7, 11) is 0. The molecular weight excluding hydrogens is 651 g/mol. The zero-order valence-corrected chi connectivity index (χ0v) is 29.3. The van der Waals surface area contributed by atoms with E-state index in [0.717, 1.165) is 36.5 Å². The van der Waals surface area contributed by atoms with Crippen LogP contribution in [0, 0.1) is 17.7 Å². The Labute approximate surface area is 295 Å². The number of hydrogen-bond donors (Lipinski definition) is 4. The minimum absolute atomic E-state index is 0.0640. The van der Waals surface area contributed by atoms with Crippen LogP contribution in [0.2, 0.25) is 0 Å². The Kier molecular flexibility index (Phi) is 9.11. The second kappa shape index (κ2) is 13.5. The number of guanidine groups is 1. The first-order valence-electron chi connectivity index (χ1n) is 17.8. The van der Waals surface area contributed by atoms with E-state index in [1.165, 1.54) is 6.07 Å². The number of ether oxygens (including phenoxy) is 2. The minimum atomic E-state index is -0.643. The minimum Gasteiger partial charge on any atom is -0.452 e. The molecule has 4 unspecified atom stereocenters. The number of aliphatic imine (C=N–C) groups is 1. The largest absolute Gasteiger partial charge is 0.452 e. The van der Waals surface area contributed by atoms with Gasteiger partial charge in [-0.25, -0.2) is 9.18 Å². The van der Waals surface area contributed by atoms with Crippen molar-refractivity contribution < 1.29 is 23.5 Å². The first-order valence-corrected chi connectivity index (χ1v) is 17.8. The summed E-state index contributed by atoms with van der Waals surface area (Å²) in [4.78, 5) is 44.5. The van der Waals surface area contributed by atoms with E-state index in [9.17, 15) is 14.4 Å². The second-order valence-electron chi connectivity index (χ2n) is 15.2. The summed E-state index contributed by atoms with van der Waals surface area (Å²) < 4.78 is 30.2. The average Bonchev–Trinajstić information content (AvgIpc) is 3.53. The number of rotatable bonds is 7. The third-order valence-electron chi connectivity index (χ3n) is 10.3. The van der Waals surface area contributed by atoms with Crippen LogP contribution in [0.3, 0.4) is 0 Å². The average molecular weight is 697 g/mol. The molecule has 0 bridgehead atoms. The topological polar surface area (TPSA) is 163 Å². The molecule has 3 aliphatic rings. The highest BCUT2D eigenvalue weighted by atomic mass is 19.1. The van der Waals surface area contributed by atoms with Gasteiger partial charge in [-0.1, -0.05) is 30.7 Å². The van der Waals surface area contributed by atoms with E-state index in [2.05, 4.69) is 15.6 Å². The monoisotopic (exact) mass is 696 g/mol. The summed E-state index contributed by atoms with van der Waals surface area (Å²) in [6.45, 7) is 6.36. The maximum Gasteiger partial charge on any atom is 0.407 e. The van der Waals surface area contributed by atoms with E-state index in [-0.39, 0.29) is 40.5 Å². The molecule has 3 aromatic carbocycles. The van der Waals surface area contributed by atoms with E-state index in [4.69, 9.17) is 20.9 Å². The number of pyridine rings is 1. The lowest BCUT2D eigenvalue weighted by molar-refractivity contribution is 0.0505. The number of hydrogen-bond acceptors (Lipinski definition) is 6. The summed E-state index contributed by atoms with van der Waals surface area (Å²) in [5.41, 5.74) is 11.2. The molecule has 4 aromatic rings. The lowest BCUT2D eigenvalue weighted by atomic mass is 9.81. The number of aromatic nitrogens is 1. The number of nitrogens with one attached hydrogen (secondary N) is 2. The molecule has 268 valence electrons. The van der Waals surface area contributed by atoms with Crippen LogP contribution >= 0.6 is 0 Å². The fourth-order valence-corrected chi connectivity index (χ4v) is 8.03.